The smallest absolute Gasteiger partial charge is 0.274 e. The molecule has 0 radical (unpaired) electrons. The van der Waals surface area contributed by atoms with Crippen molar-refractivity contribution in [3.05, 3.63) is 53.3 Å². The molecule has 5 rings (SSSR count). The first-order chi connectivity index (χ1) is 15.7. The predicted octanol–water partition coefficient (Wildman–Crippen LogP) is 3.47. The molecule has 1 aromatic carbocycles. The van der Waals surface area contributed by atoms with E-state index in [1.54, 1.807) is 0 Å². The summed E-state index contributed by atoms with van der Waals surface area (Å²) in [5.41, 5.74) is 11.7. The van der Waals surface area contributed by atoms with Crippen LogP contribution < -0.4 is 11.1 Å². The molecule has 3 N–H and O–H groups in total. The van der Waals surface area contributed by atoms with E-state index in [2.05, 4.69) is 16.3 Å². The first-order valence-electron chi connectivity index (χ1n) is 11.7. The van der Waals surface area contributed by atoms with Gasteiger partial charge in [-0.05, 0) is 55.9 Å². The van der Waals surface area contributed by atoms with E-state index in [1.807, 2.05) is 34.9 Å². The minimum atomic E-state index is -0.184. The van der Waals surface area contributed by atoms with Crippen LogP contribution in [0.2, 0.25) is 0 Å². The number of amides is 1. The van der Waals surface area contributed by atoms with Gasteiger partial charge in [-0.25, -0.2) is 4.98 Å². The first kappa shape index (κ1) is 21.0. The van der Waals surface area contributed by atoms with Crippen molar-refractivity contribution >= 4 is 28.3 Å². The van der Waals surface area contributed by atoms with Crippen LogP contribution in [0, 0.1) is 0 Å². The lowest BCUT2D eigenvalue weighted by Gasteiger charge is -2.26. The van der Waals surface area contributed by atoms with E-state index in [9.17, 15) is 4.79 Å². The molecule has 3 aromatic rings. The van der Waals surface area contributed by atoms with Gasteiger partial charge < -0.3 is 20.4 Å². The second-order valence-corrected chi connectivity index (χ2v) is 8.71. The molecule has 168 valence electrons. The molecule has 1 aliphatic carbocycles. The number of carbonyl (C=O) groups is 1. The van der Waals surface area contributed by atoms with E-state index >= 15 is 0 Å². The number of aryl methyl sites for hydroxylation is 3. The van der Waals surface area contributed by atoms with Crippen LogP contribution in [0.25, 0.3) is 11.0 Å². The number of nitrogens with one attached hydrogen (secondary N) is 1. The van der Waals surface area contributed by atoms with Crippen LogP contribution in [0.15, 0.2) is 36.4 Å². The van der Waals surface area contributed by atoms with Crippen LogP contribution in [0.3, 0.4) is 0 Å². The molecule has 1 saturated heterocycles. The summed E-state index contributed by atoms with van der Waals surface area (Å²) in [4.78, 5) is 20.8. The van der Waals surface area contributed by atoms with Gasteiger partial charge in [0.25, 0.3) is 5.91 Å². The fourth-order valence-corrected chi connectivity index (χ4v) is 4.86. The molecule has 1 aliphatic heterocycles. The molecular formula is C25H31N5O2. The third-order valence-electron chi connectivity index (χ3n) is 6.56. The largest absolute Gasteiger partial charge is 0.396 e. The number of ether oxygens (including phenoxy) is 1. The molecule has 2 aromatic heterocycles. The predicted molar refractivity (Wildman–Crippen MR) is 127 cm³/mol. The standard InChI is InChI=1S/C25H31N5O2/c26-22-20-17-18-7-4-5-10-21(18)28-24(20)30(12-6-11-29-13-15-32-16-14-29)23(22)25(31)27-19-8-2-1-3-9-19/h1-3,8-9,17H,4-7,10-16,26H2,(H,27,31). The number of hydrogen-bond donors (Lipinski definition) is 2. The number of pyridine rings is 1. The van der Waals surface area contributed by atoms with E-state index < -0.39 is 0 Å². The van der Waals surface area contributed by atoms with Crippen molar-refractivity contribution in [2.45, 2.75) is 38.6 Å². The lowest BCUT2D eigenvalue weighted by Crippen LogP contribution is -2.37. The highest BCUT2D eigenvalue weighted by atomic mass is 16.5. The Morgan fingerprint density at radius 1 is 1.09 bits per heavy atom. The Bertz CT molecular complexity index is 1100. The van der Waals surface area contributed by atoms with Crippen molar-refractivity contribution in [3.63, 3.8) is 0 Å². The maximum atomic E-state index is 13.3. The number of para-hydroxylation sites is 1. The highest BCUT2D eigenvalue weighted by molar-refractivity contribution is 6.12. The molecule has 3 heterocycles. The highest BCUT2D eigenvalue weighted by Gasteiger charge is 2.24. The average molecular weight is 434 g/mol. The molecule has 1 amide bonds. The number of benzene rings is 1. The normalized spacial score (nSPS) is 16.8. The number of fused-ring (bicyclic) bond motifs is 2. The van der Waals surface area contributed by atoms with Crippen molar-refractivity contribution in [1.29, 1.82) is 0 Å². The maximum absolute atomic E-state index is 13.3. The van der Waals surface area contributed by atoms with Gasteiger partial charge in [0, 0.05) is 42.9 Å². The van der Waals surface area contributed by atoms with Crippen LogP contribution in [0.4, 0.5) is 11.4 Å². The first-order valence-corrected chi connectivity index (χ1v) is 11.7. The molecular weight excluding hydrogens is 402 g/mol. The summed E-state index contributed by atoms with van der Waals surface area (Å²) in [6.45, 7) is 5.17. The van der Waals surface area contributed by atoms with Gasteiger partial charge in [0.2, 0.25) is 0 Å². The lowest BCUT2D eigenvalue weighted by molar-refractivity contribution is 0.0369. The number of nitrogens with zero attached hydrogens (tertiary/aromatic N) is 3. The molecule has 0 spiro atoms. The van der Waals surface area contributed by atoms with Crippen molar-refractivity contribution in [2.75, 3.05) is 43.9 Å². The zero-order chi connectivity index (χ0) is 21.9. The minimum Gasteiger partial charge on any atom is -0.396 e. The summed E-state index contributed by atoms with van der Waals surface area (Å²) in [6, 6.07) is 11.7. The Morgan fingerprint density at radius 3 is 2.69 bits per heavy atom. The lowest BCUT2D eigenvalue weighted by atomic mass is 9.95. The number of morpholine rings is 1. The topological polar surface area (TPSA) is 85.4 Å². The van der Waals surface area contributed by atoms with Crippen LogP contribution in [0.5, 0.6) is 0 Å². The maximum Gasteiger partial charge on any atom is 0.274 e. The third kappa shape index (κ3) is 4.23. The summed E-state index contributed by atoms with van der Waals surface area (Å²) < 4.78 is 7.50. The van der Waals surface area contributed by atoms with E-state index in [4.69, 9.17) is 15.5 Å². The molecule has 7 heteroatoms. The van der Waals surface area contributed by atoms with E-state index in [-0.39, 0.29) is 5.91 Å². The molecule has 0 unspecified atom stereocenters. The summed E-state index contributed by atoms with van der Waals surface area (Å²) in [7, 11) is 0. The van der Waals surface area contributed by atoms with Crippen molar-refractivity contribution in [3.8, 4) is 0 Å². The van der Waals surface area contributed by atoms with Crippen molar-refractivity contribution in [1.82, 2.24) is 14.5 Å². The monoisotopic (exact) mass is 433 g/mol. The number of rotatable bonds is 6. The summed E-state index contributed by atoms with van der Waals surface area (Å²) in [5.74, 6) is -0.184. The Kier molecular flexibility index (Phi) is 6.10. The average Bonchev–Trinajstić information content (AvgIpc) is 3.10. The van der Waals surface area contributed by atoms with Crippen LogP contribution in [0.1, 0.15) is 41.0 Å². The number of aromatic nitrogens is 2. The van der Waals surface area contributed by atoms with Gasteiger partial charge in [-0.2, -0.15) is 0 Å². The minimum absolute atomic E-state index is 0.184. The fourth-order valence-electron chi connectivity index (χ4n) is 4.86. The van der Waals surface area contributed by atoms with Crippen LogP contribution >= 0.6 is 0 Å². The Hall–Kier alpha value is -2.90. The second kappa shape index (κ2) is 9.30. The van der Waals surface area contributed by atoms with E-state index in [1.165, 1.54) is 18.4 Å². The SMILES string of the molecule is Nc1c(C(=O)Nc2ccccc2)n(CCCN2CCOCC2)c2nc3c(cc12)CCCC3. The molecule has 0 atom stereocenters. The van der Waals surface area contributed by atoms with Crippen molar-refractivity contribution in [2.24, 2.45) is 0 Å². The Morgan fingerprint density at radius 2 is 1.88 bits per heavy atom. The zero-order valence-electron chi connectivity index (χ0n) is 18.5. The summed E-state index contributed by atoms with van der Waals surface area (Å²) in [6.07, 6.45) is 5.30. The number of anilines is 2. The van der Waals surface area contributed by atoms with Crippen LogP contribution in [-0.4, -0.2) is 53.2 Å². The third-order valence-corrected chi connectivity index (χ3v) is 6.56. The van der Waals surface area contributed by atoms with Gasteiger partial charge in [0.1, 0.15) is 11.3 Å². The number of nitrogen functional groups attached to an aromatic ring is 1. The summed E-state index contributed by atoms with van der Waals surface area (Å²) in [5, 5.41) is 3.91. The number of nitrogens with two attached hydrogens (primary N) is 1. The molecule has 1 fully saturated rings. The number of hydrogen-bond acceptors (Lipinski definition) is 5. The Balaban J connectivity index is 1.48. The van der Waals surface area contributed by atoms with E-state index in [0.29, 0.717) is 17.9 Å². The molecule has 0 bridgehead atoms. The van der Waals surface area contributed by atoms with Gasteiger partial charge in [0.05, 0.1) is 18.9 Å². The number of carbonyl (C=O) groups excluding carboxylic acids is 1. The van der Waals surface area contributed by atoms with Gasteiger partial charge in [-0.15, -0.1) is 0 Å². The fraction of sp³-hybridized carbons (Fsp3) is 0.440. The van der Waals surface area contributed by atoms with Gasteiger partial charge in [-0.3, -0.25) is 9.69 Å². The second-order valence-electron chi connectivity index (χ2n) is 8.71. The quantitative estimate of drug-likeness (QED) is 0.622. The highest BCUT2D eigenvalue weighted by Crippen LogP contribution is 2.32. The molecule has 2 aliphatic rings. The van der Waals surface area contributed by atoms with Gasteiger partial charge in [0.15, 0.2) is 0 Å². The van der Waals surface area contributed by atoms with Gasteiger partial charge in [-0.1, -0.05) is 18.2 Å². The zero-order valence-corrected chi connectivity index (χ0v) is 18.5. The van der Waals surface area contributed by atoms with Crippen LogP contribution in [-0.2, 0) is 24.1 Å². The van der Waals surface area contributed by atoms with E-state index in [0.717, 1.165) is 74.5 Å². The van der Waals surface area contributed by atoms with Crippen molar-refractivity contribution < 1.29 is 9.53 Å². The van der Waals surface area contributed by atoms with Gasteiger partial charge >= 0.3 is 0 Å². The Labute approximate surface area is 188 Å². The molecule has 7 nitrogen and oxygen atoms in total. The molecule has 0 saturated carbocycles. The molecule has 32 heavy (non-hydrogen) atoms. The summed E-state index contributed by atoms with van der Waals surface area (Å²) >= 11 is 0.